The first-order valence-electron chi connectivity index (χ1n) is 6.52. The Morgan fingerprint density at radius 1 is 1.24 bits per heavy atom. The highest BCUT2D eigenvalue weighted by Gasteiger charge is 2.17. The molecule has 0 saturated heterocycles. The van der Waals surface area contributed by atoms with E-state index in [0.29, 0.717) is 6.54 Å². The molecule has 114 valence electrons. The second-order valence-electron chi connectivity index (χ2n) is 4.89. The molecule has 0 amide bonds. The van der Waals surface area contributed by atoms with E-state index in [4.69, 9.17) is 5.73 Å². The molecule has 6 heteroatoms. The van der Waals surface area contributed by atoms with Crippen LogP contribution in [0.3, 0.4) is 0 Å². The van der Waals surface area contributed by atoms with Crippen molar-refractivity contribution in [3.8, 4) is 0 Å². The first-order valence-corrected chi connectivity index (χ1v) is 8.19. The topological polar surface area (TPSA) is 29.3 Å². The number of nitrogens with two attached hydrogens (primary N) is 1. The summed E-state index contributed by atoms with van der Waals surface area (Å²) in [7, 11) is 1.99. The molecule has 0 aliphatic rings. The van der Waals surface area contributed by atoms with E-state index in [1.54, 1.807) is 23.5 Å². The van der Waals surface area contributed by atoms with Gasteiger partial charge < -0.3 is 5.73 Å². The fraction of sp³-hybridized carbons (Fsp3) is 0.333. The summed E-state index contributed by atoms with van der Waals surface area (Å²) in [5.74, 6) is 0. The normalized spacial score (nSPS) is 13.1. The zero-order chi connectivity index (χ0) is 15.4. The molecule has 0 aliphatic carbocycles. The van der Waals surface area contributed by atoms with E-state index >= 15 is 0 Å². The van der Waals surface area contributed by atoms with Crippen LogP contribution in [0.25, 0.3) is 0 Å². The summed E-state index contributed by atoms with van der Waals surface area (Å²) < 4.78 is 26.3. The van der Waals surface area contributed by atoms with Crippen LogP contribution >= 0.6 is 27.3 Å². The maximum Gasteiger partial charge on any atom is 0.263 e. The van der Waals surface area contributed by atoms with Gasteiger partial charge in [-0.15, -0.1) is 11.3 Å². The molecule has 2 nitrogen and oxygen atoms in total. The van der Waals surface area contributed by atoms with E-state index in [9.17, 15) is 8.78 Å². The molecular formula is C15H17BrF2N2S. The molecule has 1 aromatic carbocycles. The third-order valence-electron chi connectivity index (χ3n) is 3.38. The Bertz CT molecular complexity index is 571. The molecule has 21 heavy (non-hydrogen) atoms. The summed E-state index contributed by atoms with van der Waals surface area (Å²) in [4.78, 5) is 2.13. The minimum Gasteiger partial charge on any atom is -0.329 e. The fourth-order valence-electron chi connectivity index (χ4n) is 2.26. The summed E-state index contributed by atoms with van der Waals surface area (Å²) in [6, 6.07) is 8.50. The van der Waals surface area contributed by atoms with Crippen molar-refractivity contribution >= 4 is 27.3 Å². The van der Waals surface area contributed by atoms with Gasteiger partial charge in [-0.2, -0.15) is 0 Å². The summed E-state index contributed by atoms with van der Waals surface area (Å²) in [5.41, 5.74) is 8.07. The smallest absolute Gasteiger partial charge is 0.263 e. The van der Waals surface area contributed by atoms with E-state index in [1.165, 1.54) is 17.7 Å². The molecular weight excluding hydrogens is 358 g/mol. The number of likely N-dealkylation sites (N-methyl/N-ethyl adjacent to an activating group) is 1. The average Bonchev–Trinajstić information content (AvgIpc) is 2.85. The molecule has 1 aromatic heterocycles. The van der Waals surface area contributed by atoms with Gasteiger partial charge in [-0.1, -0.05) is 24.3 Å². The zero-order valence-corrected chi connectivity index (χ0v) is 14.0. The largest absolute Gasteiger partial charge is 0.329 e. The molecule has 2 aromatic rings. The number of nitrogens with zero attached hydrogens (tertiary/aromatic N) is 1. The van der Waals surface area contributed by atoms with E-state index in [2.05, 4.69) is 32.3 Å². The summed E-state index contributed by atoms with van der Waals surface area (Å²) in [6.07, 6.45) is -2.43. The molecule has 2 N–H and O–H groups in total. The number of thiophene rings is 1. The minimum absolute atomic E-state index is 0.00963. The second kappa shape index (κ2) is 7.45. The van der Waals surface area contributed by atoms with Gasteiger partial charge in [-0.25, -0.2) is 8.78 Å². The van der Waals surface area contributed by atoms with Crippen LogP contribution in [-0.4, -0.2) is 18.5 Å². The molecule has 0 saturated carbocycles. The number of halogens is 3. The van der Waals surface area contributed by atoms with Crippen molar-refractivity contribution in [3.63, 3.8) is 0 Å². The van der Waals surface area contributed by atoms with Crippen molar-refractivity contribution in [1.29, 1.82) is 0 Å². The Balaban J connectivity index is 2.10. The van der Waals surface area contributed by atoms with Crippen LogP contribution < -0.4 is 5.73 Å². The van der Waals surface area contributed by atoms with Crippen LogP contribution in [0.1, 0.15) is 29.2 Å². The molecule has 1 heterocycles. The average molecular weight is 375 g/mol. The van der Waals surface area contributed by atoms with Crippen LogP contribution in [0.4, 0.5) is 8.78 Å². The predicted octanol–water partition coefficient (Wildman–Crippen LogP) is 4.58. The van der Waals surface area contributed by atoms with Crippen molar-refractivity contribution in [2.45, 2.75) is 19.0 Å². The van der Waals surface area contributed by atoms with Gasteiger partial charge in [0.15, 0.2) is 0 Å². The number of benzene rings is 1. The Labute approximate surface area is 135 Å². The predicted molar refractivity (Wildman–Crippen MR) is 86.7 cm³/mol. The lowest BCUT2D eigenvalue weighted by Gasteiger charge is -2.27. The van der Waals surface area contributed by atoms with Gasteiger partial charge in [-0.3, -0.25) is 4.90 Å². The number of alkyl halides is 2. The van der Waals surface area contributed by atoms with Crippen molar-refractivity contribution in [2.24, 2.45) is 5.73 Å². The Morgan fingerprint density at radius 3 is 2.33 bits per heavy atom. The lowest BCUT2D eigenvalue weighted by Crippen LogP contribution is -2.30. The van der Waals surface area contributed by atoms with Gasteiger partial charge >= 0.3 is 0 Å². The SMILES string of the molecule is CN(Cc1csc(Br)c1)C(CN)c1ccc(C(F)F)cc1. The second-order valence-corrected chi connectivity index (χ2v) is 7.18. The molecule has 1 atom stereocenters. The first kappa shape index (κ1) is 16.5. The standard InChI is InChI=1S/C15H17BrF2N2S/c1-20(8-10-6-14(16)21-9-10)13(7-19)11-2-4-12(5-3-11)15(17)18/h2-6,9,13,15H,7-8,19H2,1H3. The minimum atomic E-state index is -2.43. The summed E-state index contributed by atoms with van der Waals surface area (Å²) in [6.45, 7) is 1.20. The van der Waals surface area contributed by atoms with Crippen LogP contribution in [0.15, 0.2) is 39.5 Å². The van der Waals surface area contributed by atoms with Crippen LogP contribution in [-0.2, 0) is 6.54 Å². The van der Waals surface area contributed by atoms with Gasteiger partial charge in [-0.05, 0) is 45.6 Å². The fourth-order valence-corrected chi connectivity index (χ4v) is 3.46. The molecule has 2 rings (SSSR count). The molecule has 0 radical (unpaired) electrons. The Morgan fingerprint density at radius 2 is 1.86 bits per heavy atom. The number of rotatable bonds is 6. The third-order valence-corrected chi connectivity index (χ3v) is 4.94. The Kier molecular flexibility index (Phi) is 5.87. The highest BCUT2D eigenvalue weighted by atomic mass is 79.9. The first-order chi connectivity index (χ1) is 10.0. The van der Waals surface area contributed by atoms with Crippen molar-refractivity contribution in [2.75, 3.05) is 13.6 Å². The van der Waals surface area contributed by atoms with Crippen molar-refractivity contribution < 1.29 is 8.78 Å². The van der Waals surface area contributed by atoms with E-state index in [1.807, 2.05) is 7.05 Å². The van der Waals surface area contributed by atoms with Crippen LogP contribution in [0.2, 0.25) is 0 Å². The van der Waals surface area contributed by atoms with Crippen LogP contribution in [0, 0.1) is 0 Å². The third kappa shape index (κ3) is 4.32. The van der Waals surface area contributed by atoms with Gasteiger partial charge in [0.2, 0.25) is 0 Å². The number of hydrogen-bond acceptors (Lipinski definition) is 3. The molecule has 0 spiro atoms. The summed E-state index contributed by atoms with van der Waals surface area (Å²) >= 11 is 5.09. The van der Waals surface area contributed by atoms with Gasteiger partial charge in [0, 0.05) is 24.7 Å². The highest BCUT2D eigenvalue weighted by Crippen LogP contribution is 2.26. The number of hydrogen-bond donors (Lipinski definition) is 1. The molecule has 0 bridgehead atoms. The lowest BCUT2D eigenvalue weighted by molar-refractivity contribution is 0.151. The van der Waals surface area contributed by atoms with E-state index < -0.39 is 6.43 Å². The lowest BCUT2D eigenvalue weighted by atomic mass is 10.0. The van der Waals surface area contributed by atoms with Gasteiger partial charge in [0.05, 0.1) is 3.79 Å². The highest BCUT2D eigenvalue weighted by molar-refractivity contribution is 9.11. The van der Waals surface area contributed by atoms with Crippen molar-refractivity contribution in [1.82, 2.24) is 4.90 Å². The van der Waals surface area contributed by atoms with Crippen LogP contribution in [0.5, 0.6) is 0 Å². The van der Waals surface area contributed by atoms with Crippen molar-refractivity contribution in [3.05, 3.63) is 56.2 Å². The summed E-state index contributed by atoms with van der Waals surface area (Å²) in [5, 5.41) is 2.09. The Hall–Kier alpha value is -0.820. The maximum absolute atomic E-state index is 12.6. The zero-order valence-electron chi connectivity index (χ0n) is 11.6. The quantitative estimate of drug-likeness (QED) is 0.801. The van der Waals surface area contributed by atoms with Gasteiger partial charge in [0.25, 0.3) is 6.43 Å². The molecule has 0 aliphatic heterocycles. The van der Waals surface area contributed by atoms with Gasteiger partial charge in [0.1, 0.15) is 0 Å². The maximum atomic E-state index is 12.6. The molecule has 1 unspecified atom stereocenters. The monoisotopic (exact) mass is 374 g/mol. The van der Waals surface area contributed by atoms with E-state index in [-0.39, 0.29) is 11.6 Å². The molecule has 0 fully saturated rings. The van der Waals surface area contributed by atoms with E-state index in [0.717, 1.165) is 15.9 Å².